The number of hydrogen-bond donors (Lipinski definition) is 1. The van der Waals surface area contributed by atoms with Gasteiger partial charge in [0.25, 0.3) is 5.91 Å². The second kappa shape index (κ2) is 8.45. The van der Waals surface area contributed by atoms with Crippen molar-refractivity contribution in [1.82, 2.24) is 0 Å². The monoisotopic (exact) mass is 365 g/mol. The molecule has 1 aliphatic rings. The predicted octanol–water partition coefficient (Wildman–Crippen LogP) is 4.05. The van der Waals surface area contributed by atoms with Crippen molar-refractivity contribution in [3.63, 3.8) is 0 Å². The molecule has 0 saturated heterocycles. The van der Waals surface area contributed by atoms with Crippen molar-refractivity contribution in [1.29, 1.82) is 5.26 Å². The number of nitrogens with zero attached hydrogens (tertiary/aromatic N) is 2. The zero-order chi connectivity index (χ0) is 19.2. The van der Waals surface area contributed by atoms with Crippen molar-refractivity contribution in [3.8, 4) is 6.07 Å². The first-order valence-electron chi connectivity index (χ1n) is 8.96. The Hall–Kier alpha value is -3.20. The lowest BCUT2D eigenvalue weighted by atomic mass is 9.98. The van der Waals surface area contributed by atoms with Crippen molar-refractivity contribution < 1.29 is 14.0 Å². The molecule has 138 valence electrons. The number of nitrogens with one attached hydrogen (secondary N) is 1. The number of carbonyl (C=O) groups is 2. The number of hydrogen-bond acceptors (Lipinski definition) is 3. The molecule has 2 aromatic rings. The van der Waals surface area contributed by atoms with Gasteiger partial charge in [-0.15, -0.1) is 0 Å². The number of unbranched alkanes of at least 4 members (excludes halogenated alkanes) is 1. The van der Waals surface area contributed by atoms with Gasteiger partial charge in [0.05, 0.1) is 6.07 Å². The van der Waals surface area contributed by atoms with Gasteiger partial charge >= 0.3 is 0 Å². The van der Waals surface area contributed by atoms with Crippen LogP contribution in [0, 0.1) is 17.1 Å². The van der Waals surface area contributed by atoms with Gasteiger partial charge in [-0.2, -0.15) is 5.26 Å². The van der Waals surface area contributed by atoms with E-state index in [0.717, 1.165) is 24.1 Å². The van der Waals surface area contributed by atoms with Crippen LogP contribution in [0.4, 0.5) is 15.8 Å². The normalized spacial score (nSPS) is 12.8. The fourth-order valence-corrected chi connectivity index (χ4v) is 3.25. The van der Waals surface area contributed by atoms with E-state index in [1.54, 1.807) is 11.0 Å². The lowest BCUT2D eigenvalue weighted by Crippen LogP contribution is -2.35. The minimum Gasteiger partial charge on any atom is -0.322 e. The number of benzene rings is 2. The molecule has 1 aliphatic heterocycles. The summed E-state index contributed by atoms with van der Waals surface area (Å²) in [7, 11) is 0. The van der Waals surface area contributed by atoms with Crippen LogP contribution in [-0.4, -0.2) is 18.4 Å². The molecule has 0 unspecified atom stereocenters. The molecule has 1 N–H and O–H groups in total. The molecule has 2 aromatic carbocycles. The molecule has 6 heteroatoms. The van der Waals surface area contributed by atoms with E-state index in [9.17, 15) is 14.0 Å². The highest BCUT2D eigenvalue weighted by atomic mass is 19.1. The fraction of sp³-hybridized carbons (Fsp3) is 0.286. The molecule has 0 bridgehead atoms. The van der Waals surface area contributed by atoms with Gasteiger partial charge in [-0.3, -0.25) is 9.59 Å². The topological polar surface area (TPSA) is 73.2 Å². The summed E-state index contributed by atoms with van der Waals surface area (Å²) in [5.74, 6) is -0.719. The van der Waals surface area contributed by atoms with Gasteiger partial charge in [0.1, 0.15) is 5.82 Å². The zero-order valence-electron chi connectivity index (χ0n) is 14.9. The van der Waals surface area contributed by atoms with Crippen molar-refractivity contribution in [2.45, 2.75) is 32.1 Å². The Labute approximate surface area is 157 Å². The molecule has 0 aromatic heterocycles. The quantitative estimate of drug-likeness (QED) is 0.813. The maximum absolute atomic E-state index is 13.0. The van der Waals surface area contributed by atoms with Crippen LogP contribution in [0.3, 0.4) is 0 Å². The highest BCUT2D eigenvalue weighted by Crippen LogP contribution is 2.33. The van der Waals surface area contributed by atoms with E-state index in [0.29, 0.717) is 37.1 Å². The van der Waals surface area contributed by atoms with Gasteiger partial charge in [0.2, 0.25) is 5.91 Å². The Bertz CT molecular complexity index is 887. The van der Waals surface area contributed by atoms with Gasteiger partial charge in [-0.05, 0) is 61.2 Å². The van der Waals surface area contributed by atoms with Gasteiger partial charge in [0, 0.05) is 36.3 Å². The first-order chi connectivity index (χ1) is 13.1. The molecule has 3 rings (SSSR count). The molecule has 1 heterocycles. The van der Waals surface area contributed by atoms with Gasteiger partial charge < -0.3 is 10.2 Å². The van der Waals surface area contributed by atoms with Crippen LogP contribution in [0.25, 0.3) is 0 Å². The molecule has 0 atom stereocenters. The third-order valence-corrected chi connectivity index (χ3v) is 4.59. The first kappa shape index (κ1) is 18.6. The van der Waals surface area contributed by atoms with Crippen molar-refractivity contribution in [2.24, 2.45) is 0 Å². The number of fused-ring (bicyclic) bond motifs is 1. The average Bonchev–Trinajstić information content (AvgIpc) is 2.68. The maximum atomic E-state index is 13.0. The SMILES string of the molecule is N#CCCCC(=O)N1CCCc2c(NC(=O)c3ccc(F)cc3)cccc21. The smallest absolute Gasteiger partial charge is 0.255 e. The van der Waals surface area contributed by atoms with Crippen LogP contribution in [0.5, 0.6) is 0 Å². The number of nitriles is 1. The summed E-state index contributed by atoms with van der Waals surface area (Å²) in [5, 5.41) is 11.5. The molecular weight excluding hydrogens is 345 g/mol. The second-order valence-electron chi connectivity index (χ2n) is 6.42. The molecule has 27 heavy (non-hydrogen) atoms. The lowest BCUT2D eigenvalue weighted by Gasteiger charge is -2.31. The molecular formula is C21H20FN3O2. The predicted molar refractivity (Wildman–Crippen MR) is 101 cm³/mol. The Kier molecular flexibility index (Phi) is 5.82. The number of carbonyl (C=O) groups excluding carboxylic acids is 2. The van der Waals surface area contributed by atoms with Crippen LogP contribution < -0.4 is 10.2 Å². The maximum Gasteiger partial charge on any atom is 0.255 e. The first-order valence-corrected chi connectivity index (χ1v) is 8.96. The number of halogens is 1. The van der Waals surface area contributed by atoms with E-state index >= 15 is 0 Å². The summed E-state index contributed by atoms with van der Waals surface area (Å²) in [6.07, 6.45) is 2.80. The van der Waals surface area contributed by atoms with E-state index in [4.69, 9.17) is 5.26 Å². The molecule has 0 radical (unpaired) electrons. The van der Waals surface area contributed by atoms with Crippen LogP contribution in [-0.2, 0) is 11.2 Å². The zero-order valence-corrected chi connectivity index (χ0v) is 14.9. The number of rotatable bonds is 5. The Morgan fingerprint density at radius 3 is 2.70 bits per heavy atom. The summed E-state index contributed by atoms with van der Waals surface area (Å²) in [5.41, 5.74) is 2.76. The molecule has 0 aliphatic carbocycles. The summed E-state index contributed by atoms with van der Waals surface area (Å²) < 4.78 is 13.0. The lowest BCUT2D eigenvalue weighted by molar-refractivity contribution is -0.118. The number of amides is 2. The van der Waals surface area contributed by atoms with Crippen molar-refractivity contribution in [2.75, 3.05) is 16.8 Å². The Morgan fingerprint density at radius 1 is 1.19 bits per heavy atom. The molecule has 2 amide bonds. The van der Waals surface area contributed by atoms with E-state index in [1.807, 2.05) is 12.1 Å². The largest absolute Gasteiger partial charge is 0.322 e. The Balaban J connectivity index is 1.80. The fourth-order valence-electron chi connectivity index (χ4n) is 3.25. The third kappa shape index (κ3) is 4.32. The van der Waals surface area contributed by atoms with Crippen LogP contribution in [0.2, 0.25) is 0 Å². The average molecular weight is 365 g/mol. The second-order valence-corrected chi connectivity index (χ2v) is 6.42. The minimum absolute atomic E-state index is 0.00629. The van der Waals surface area contributed by atoms with Crippen LogP contribution in [0.15, 0.2) is 42.5 Å². The van der Waals surface area contributed by atoms with Crippen LogP contribution in [0.1, 0.15) is 41.6 Å². The van der Waals surface area contributed by atoms with Gasteiger partial charge in [0.15, 0.2) is 0 Å². The van der Waals surface area contributed by atoms with E-state index < -0.39 is 5.82 Å². The van der Waals surface area contributed by atoms with Crippen LogP contribution >= 0.6 is 0 Å². The third-order valence-electron chi connectivity index (χ3n) is 4.59. The molecule has 5 nitrogen and oxygen atoms in total. The van der Waals surface area contributed by atoms with Crippen molar-refractivity contribution >= 4 is 23.2 Å². The highest BCUT2D eigenvalue weighted by molar-refractivity contribution is 6.05. The van der Waals surface area contributed by atoms with E-state index in [2.05, 4.69) is 11.4 Å². The highest BCUT2D eigenvalue weighted by Gasteiger charge is 2.24. The Morgan fingerprint density at radius 2 is 1.96 bits per heavy atom. The van der Waals surface area contributed by atoms with E-state index in [1.165, 1.54) is 24.3 Å². The number of anilines is 2. The minimum atomic E-state index is -0.394. The summed E-state index contributed by atoms with van der Waals surface area (Å²) >= 11 is 0. The van der Waals surface area contributed by atoms with E-state index in [-0.39, 0.29) is 11.8 Å². The molecule has 0 fully saturated rings. The van der Waals surface area contributed by atoms with Crippen molar-refractivity contribution in [3.05, 3.63) is 59.4 Å². The summed E-state index contributed by atoms with van der Waals surface area (Å²) in [4.78, 5) is 26.7. The van der Waals surface area contributed by atoms with Gasteiger partial charge in [-0.25, -0.2) is 4.39 Å². The summed E-state index contributed by atoms with van der Waals surface area (Å²) in [6, 6.07) is 12.9. The molecule has 0 spiro atoms. The summed E-state index contributed by atoms with van der Waals surface area (Å²) in [6.45, 7) is 0.633. The standard InChI is InChI=1S/C21H20FN3O2/c22-16-11-9-15(10-12-16)21(27)24-18-6-3-7-19-17(18)5-4-14-25(19)20(26)8-1-2-13-23/h3,6-7,9-12H,1-2,4-5,8,14H2,(H,24,27). The molecule has 0 saturated carbocycles. The van der Waals surface area contributed by atoms with Gasteiger partial charge in [-0.1, -0.05) is 6.07 Å².